The number of aliphatic hydroxyl groups is 1. The first-order valence-electron chi connectivity index (χ1n) is 12.6. The largest absolute Gasteiger partial charge is 0.497 e. The number of aliphatic hydroxyl groups excluding tert-OH is 1. The number of pyridine rings is 2. The molecule has 37 heavy (non-hydrogen) atoms. The Morgan fingerprint density at radius 1 is 1.24 bits per heavy atom. The Labute approximate surface area is 221 Å². The summed E-state index contributed by atoms with van der Waals surface area (Å²) in [5.41, 5.74) is 1.12. The monoisotopic (exact) mass is 527 g/mol. The van der Waals surface area contributed by atoms with Gasteiger partial charge in [0.05, 0.1) is 30.2 Å². The number of methoxy groups -OCH3 is 1. The molecule has 0 bridgehead atoms. The molecule has 0 amide bonds. The number of carbonyl (C=O) groups is 1. The maximum atomic E-state index is 13.9. The van der Waals surface area contributed by atoms with Gasteiger partial charge < -0.3 is 19.8 Å². The molecule has 0 spiro atoms. The van der Waals surface area contributed by atoms with Gasteiger partial charge in [0.15, 0.2) is 0 Å². The number of aliphatic carboxylic acids is 1. The zero-order valence-electron chi connectivity index (χ0n) is 21.1. The predicted octanol–water partition coefficient (Wildman–Crippen LogP) is 5.27. The van der Waals surface area contributed by atoms with Gasteiger partial charge in [-0.25, -0.2) is 9.37 Å². The van der Waals surface area contributed by atoms with Crippen molar-refractivity contribution in [2.24, 2.45) is 5.41 Å². The van der Waals surface area contributed by atoms with Crippen molar-refractivity contribution in [3.05, 3.63) is 59.9 Å². The summed E-state index contributed by atoms with van der Waals surface area (Å²) in [7, 11) is 1.56. The van der Waals surface area contributed by atoms with E-state index in [1.165, 1.54) is 6.20 Å². The lowest BCUT2D eigenvalue weighted by Crippen LogP contribution is -2.42. The molecular weight excluding hydrogens is 493 g/mol. The third-order valence-electron chi connectivity index (χ3n) is 7.36. The summed E-state index contributed by atoms with van der Waals surface area (Å²) in [6.45, 7) is 1.81. The van der Waals surface area contributed by atoms with Crippen LogP contribution in [0, 0.1) is 5.41 Å². The van der Waals surface area contributed by atoms with E-state index >= 15 is 0 Å². The van der Waals surface area contributed by atoms with Crippen molar-refractivity contribution in [2.45, 2.75) is 49.9 Å². The second-order valence-electron chi connectivity index (χ2n) is 9.70. The summed E-state index contributed by atoms with van der Waals surface area (Å²) in [5, 5.41) is 22.6. The normalized spacial score (nSPS) is 16.5. The van der Waals surface area contributed by atoms with E-state index in [9.17, 15) is 19.4 Å². The van der Waals surface area contributed by atoms with Gasteiger partial charge in [0, 0.05) is 35.6 Å². The van der Waals surface area contributed by atoms with E-state index in [1.807, 2.05) is 18.2 Å². The summed E-state index contributed by atoms with van der Waals surface area (Å²) >= 11 is 1.72. The molecule has 3 aromatic rings. The van der Waals surface area contributed by atoms with Gasteiger partial charge in [-0.3, -0.25) is 9.78 Å². The summed E-state index contributed by atoms with van der Waals surface area (Å²) in [4.78, 5) is 22.8. The number of thioether (sulfide) groups is 1. The maximum absolute atomic E-state index is 13.9. The number of hydrogen-bond acceptors (Lipinski definition) is 7. The molecule has 0 aliphatic carbocycles. The molecule has 1 aliphatic heterocycles. The molecule has 2 aromatic heterocycles. The van der Waals surface area contributed by atoms with Crippen LogP contribution in [0.2, 0.25) is 0 Å². The number of carboxylic acid groups (broad SMARTS) is 1. The highest BCUT2D eigenvalue weighted by atomic mass is 32.2. The second kappa shape index (κ2) is 12.7. The SMILES string of the molecule is COc1ccc2ncc(CF)c([C@@H](O)CCC3(CC(=O)O)CCN(CCSc4ccccn4)CC3)c2c1. The first-order valence-corrected chi connectivity index (χ1v) is 13.6. The molecule has 3 heterocycles. The molecule has 1 saturated heterocycles. The summed E-state index contributed by atoms with van der Waals surface area (Å²) in [6.07, 6.45) is 4.81. The van der Waals surface area contributed by atoms with Crippen molar-refractivity contribution in [3.8, 4) is 5.75 Å². The van der Waals surface area contributed by atoms with E-state index in [4.69, 9.17) is 4.74 Å². The van der Waals surface area contributed by atoms with Gasteiger partial charge in [-0.15, -0.1) is 11.8 Å². The number of benzene rings is 1. The Morgan fingerprint density at radius 3 is 2.73 bits per heavy atom. The highest BCUT2D eigenvalue weighted by Gasteiger charge is 2.37. The average molecular weight is 528 g/mol. The molecule has 198 valence electrons. The van der Waals surface area contributed by atoms with Crippen LogP contribution >= 0.6 is 11.8 Å². The fourth-order valence-corrected chi connectivity index (χ4v) is 6.12. The first-order chi connectivity index (χ1) is 17.9. The lowest BCUT2D eigenvalue weighted by atomic mass is 9.71. The van der Waals surface area contributed by atoms with Crippen molar-refractivity contribution in [1.82, 2.24) is 14.9 Å². The fourth-order valence-electron chi connectivity index (χ4n) is 5.25. The van der Waals surface area contributed by atoms with Gasteiger partial charge in [-0.2, -0.15) is 0 Å². The Hall–Kier alpha value is -2.75. The second-order valence-corrected chi connectivity index (χ2v) is 10.8. The van der Waals surface area contributed by atoms with Crippen LogP contribution in [-0.2, 0) is 11.5 Å². The number of alkyl halides is 1. The van der Waals surface area contributed by atoms with Gasteiger partial charge in [0.1, 0.15) is 12.4 Å². The smallest absolute Gasteiger partial charge is 0.303 e. The zero-order valence-corrected chi connectivity index (χ0v) is 21.9. The minimum absolute atomic E-state index is 0.0666. The van der Waals surface area contributed by atoms with Crippen LogP contribution in [0.5, 0.6) is 5.75 Å². The fraction of sp³-hybridized carbons (Fsp3) is 0.464. The predicted molar refractivity (Wildman–Crippen MR) is 143 cm³/mol. The number of ether oxygens (including phenoxy) is 1. The number of carboxylic acids is 1. The first kappa shape index (κ1) is 27.3. The van der Waals surface area contributed by atoms with Crippen molar-refractivity contribution in [1.29, 1.82) is 0 Å². The van der Waals surface area contributed by atoms with Crippen molar-refractivity contribution in [2.75, 3.05) is 32.5 Å². The minimum Gasteiger partial charge on any atom is -0.497 e. The van der Waals surface area contributed by atoms with E-state index in [0.717, 1.165) is 43.3 Å². The highest BCUT2D eigenvalue weighted by molar-refractivity contribution is 7.99. The van der Waals surface area contributed by atoms with Crippen LogP contribution in [0.25, 0.3) is 10.9 Å². The quantitative estimate of drug-likeness (QED) is 0.308. The number of rotatable bonds is 12. The number of fused-ring (bicyclic) bond motifs is 1. The average Bonchev–Trinajstić information content (AvgIpc) is 2.92. The zero-order chi connectivity index (χ0) is 26.3. The van der Waals surface area contributed by atoms with E-state index < -0.39 is 24.2 Å². The van der Waals surface area contributed by atoms with Gasteiger partial charge >= 0.3 is 5.97 Å². The van der Waals surface area contributed by atoms with Crippen LogP contribution in [0.4, 0.5) is 4.39 Å². The third kappa shape index (κ3) is 6.97. The molecule has 1 aromatic carbocycles. The van der Waals surface area contributed by atoms with Crippen LogP contribution in [0.1, 0.15) is 49.3 Å². The van der Waals surface area contributed by atoms with Gasteiger partial charge in [0.25, 0.3) is 0 Å². The van der Waals surface area contributed by atoms with E-state index in [2.05, 4.69) is 14.9 Å². The number of halogens is 1. The van der Waals surface area contributed by atoms with Crippen molar-refractivity contribution < 1.29 is 24.1 Å². The Morgan fingerprint density at radius 2 is 2.05 bits per heavy atom. The number of hydrogen-bond donors (Lipinski definition) is 2. The molecule has 0 saturated carbocycles. The molecule has 2 N–H and O–H groups in total. The molecule has 1 atom stereocenters. The molecule has 7 nitrogen and oxygen atoms in total. The standard InChI is InChI=1S/C28H34FN3O4S/c1-36-21-5-6-23-22(16-21)27(20(18-29)19-31-23)24(33)7-8-28(17-26(34)35)9-12-32(13-10-28)14-15-37-25-4-2-3-11-30-25/h2-6,11,16,19,24,33H,7-10,12-15,17-18H2,1H3,(H,34,35)/t24-/m0/s1. The molecule has 9 heteroatoms. The number of piperidine rings is 1. The molecule has 0 unspecified atom stereocenters. The molecule has 1 fully saturated rings. The highest BCUT2D eigenvalue weighted by Crippen LogP contribution is 2.42. The van der Waals surface area contributed by atoms with Crippen LogP contribution in [0.15, 0.2) is 53.8 Å². The summed E-state index contributed by atoms with van der Waals surface area (Å²) in [6, 6.07) is 11.2. The van der Waals surface area contributed by atoms with E-state index in [1.54, 1.807) is 43.3 Å². The van der Waals surface area contributed by atoms with Crippen LogP contribution in [0.3, 0.4) is 0 Å². The number of likely N-dealkylation sites (tertiary alicyclic amines) is 1. The van der Waals surface area contributed by atoms with Gasteiger partial charge in [-0.1, -0.05) is 6.07 Å². The Balaban J connectivity index is 1.42. The van der Waals surface area contributed by atoms with Crippen LogP contribution in [-0.4, -0.2) is 63.5 Å². The molecule has 4 rings (SSSR count). The van der Waals surface area contributed by atoms with Crippen LogP contribution < -0.4 is 4.74 Å². The maximum Gasteiger partial charge on any atom is 0.303 e. The lowest BCUT2D eigenvalue weighted by molar-refractivity contribution is -0.141. The minimum atomic E-state index is -0.929. The van der Waals surface area contributed by atoms with Gasteiger partial charge in [-0.05, 0) is 80.1 Å². The van der Waals surface area contributed by atoms with E-state index in [0.29, 0.717) is 40.6 Å². The van der Waals surface area contributed by atoms with Crippen molar-refractivity contribution >= 4 is 28.6 Å². The number of aromatic nitrogens is 2. The third-order valence-corrected chi connectivity index (χ3v) is 8.29. The molecule has 0 radical (unpaired) electrons. The summed E-state index contributed by atoms with van der Waals surface area (Å²) < 4.78 is 19.2. The van der Waals surface area contributed by atoms with Crippen molar-refractivity contribution in [3.63, 3.8) is 0 Å². The summed E-state index contributed by atoms with van der Waals surface area (Å²) in [5.74, 6) is 0.707. The molecular formula is C28H34FN3O4S. The van der Waals surface area contributed by atoms with E-state index in [-0.39, 0.29) is 6.42 Å². The molecule has 1 aliphatic rings. The Bertz CT molecular complexity index is 1180. The topological polar surface area (TPSA) is 95.8 Å². The Kier molecular flexibility index (Phi) is 9.34. The number of nitrogens with zero attached hydrogens (tertiary/aromatic N) is 3. The lowest BCUT2D eigenvalue weighted by Gasteiger charge is -2.41. The van der Waals surface area contributed by atoms with Gasteiger partial charge in [0.2, 0.25) is 0 Å².